The molecule has 0 radical (unpaired) electrons. The lowest BCUT2D eigenvalue weighted by Gasteiger charge is -2.12. The molecule has 140 valence electrons. The van der Waals surface area contributed by atoms with Crippen molar-refractivity contribution >= 4 is 34.6 Å². The summed E-state index contributed by atoms with van der Waals surface area (Å²) in [6, 6.07) is 11.4. The normalized spacial score (nSPS) is 16.5. The number of hydrogen-bond acceptors (Lipinski definition) is 6. The molecule has 0 unspecified atom stereocenters. The molecule has 0 saturated carbocycles. The number of ether oxygens (including phenoxy) is 3. The number of benzene rings is 2. The zero-order valence-corrected chi connectivity index (χ0v) is 16.3. The Morgan fingerprint density at radius 1 is 1.04 bits per heavy atom. The number of nitrogens with one attached hydrogen (secondary N) is 1. The molecule has 7 heteroatoms. The number of methoxy groups -OCH3 is 3. The second kappa shape index (κ2) is 8.18. The quantitative estimate of drug-likeness (QED) is 0.792. The topological polar surface area (TPSA) is 69.2 Å². The molecule has 1 fully saturated rings. The molecule has 0 atom stereocenters. The second-order valence-electron chi connectivity index (χ2n) is 5.78. The molecule has 1 aliphatic heterocycles. The molecular weight excluding hydrogens is 364 g/mol. The van der Waals surface area contributed by atoms with Crippen LogP contribution in [0.2, 0.25) is 0 Å². The molecule has 2 aromatic rings. The fourth-order valence-corrected chi connectivity index (χ4v) is 3.47. The van der Waals surface area contributed by atoms with Crippen molar-refractivity contribution in [1.82, 2.24) is 5.32 Å². The summed E-state index contributed by atoms with van der Waals surface area (Å²) >= 11 is 1.29. The van der Waals surface area contributed by atoms with Crippen LogP contribution in [0.1, 0.15) is 11.1 Å². The summed E-state index contributed by atoms with van der Waals surface area (Å²) in [6.07, 6.45) is 1.77. The van der Waals surface area contributed by atoms with Crippen LogP contribution < -0.4 is 19.5 Å². The molecule has 27 heavy (non-hydrogen) atoms. The maximum absolute atomic E-state index is 12.3. The minimum Gasteiger partial charge on any atom is -0.493 e. The maximum Gasteiger partial charge on any atom is 0.264 e. The summed E-state index contributed by atoms with van der Waals surface area (Å²) in [5.41, 5.74) is 2.67. The molecule has 3 rings (SSSR count). The van der Waals surface area contributed by atoms with E-state index in [9.17, 15) is 4.79 Å². The standard InChI is InChI=1S/C20H20N2O4S/c1-12-6-5-7-14(8-12)21-20-22-19(23)17(27-20)11-13-9-15(24-2)18(26-4)16(10-13)25-3/h5-11H,1-4H3,(H,21,22,23)/b17-11+. The van der Waals surface area contributed by atoms with Gasteiger partial charge in [0.05, 0.1) is 31.9 Å². The van der Waals surface area contributed by atoms with Crippen molar-refractivity contribution in [3.05, 3.63) is 52.4 Å². The number of amides is 1. The van der Waals surface area contributed by atoms with Crippen molar-refractivity contribution in [3.63, 3.8) is 0 Å². The fraction of sp³-hybridized carbons (Fsp3) is 0.200. The number of thioether (sulfide) groups is 1. The number of aliphatic imine (C=N–C) groups is 1. The summed E-state index contributed by atoms with van der Waals surface area (Å²) in [5.74, 6) is 1.37. The lowest BCUT2D eigenvalue weighted by atomic mass is 10.1. The van der Waals surface area contributed by atoms with E-state index in [0.29, 0.717) is 27.3 Å². The van der Waals surface area contributed by atoms with Crippen LogP contribution in [0.15, 0.2) is 46.3 Å². The van der Waals surface area contributed by atoms with E-state index < -0.39 is 0 Å². The SMILES string of the molecule is COc1cc(/C=C2/SC(=Nc3cccc(C)c3)NC2=O)cc(OC)c1OC. The molecular formula is C20H20N2O4S. The first kappa shape index (κ1) is 18.8. The first-order chi connectivity index (χ1) is 13.0. The summed E-state index contributed by atoms with van der Waals surface area (Å²) < 4.78 is 16.0. The van der Waals surface area contributed by atoms with E-state index in [1.54, 1.807) is 39.5 Å². The molecule has 1 saturated heterocycles. The third-order valence-electron chi connectivity index (χ3n) is 3.87. The summed E-state index contributed by atoms with van der Waals surface area (Å²) in [5, 5.41) is 3.34. The van der Waals surface area contributed by atoms with Crippen LogP contribution in [0.3, 0.4) is 0 Å². The smallest absolute Gasteiger partial charge is 0.264 e. The van der Waals surface area contributed by atoms with Gasteiger partial charge >= 0.3 is 0 Å². The van der Waals surface area contributed by atoms with E-state index >= 15 is 0 Å². The van der Waals surface area contributed by atoms with Crippen LogP contribution in [0.5, 0.6) is 17.2 Å². The minimum absolute atomic E-state index is 0.194. The number of amidine groups is 1. The largest absolute Gasteiger partial charge is 0.493 e. The lowest BCUT2D eigenvalue weighted by molar-refractivity contribution is -0.115. The predicted octanol–water partition coefficient (Wildman–Crippen LogP) is 3.91. The van der Waals surface area contributed by atoms with Gasteiger partial charge in [0.2, 0.25) is 5.75 Å². The minimum atomic E-state index is -0.194. The van der Waals surface area contributed by atoms with Crippen LogP contribution in [-0.4, -0.2) is 32.4 Å². The first-order valence-corrected chi connectivity index (χ1v) is 9.02. The molecule has 6 nitrogen and oxygen atoms in total. The Labute approximate surface area is 162 Å². The van der Waals surface area contributed by atoms with Crippen molar-refractivity contribution in [2.24, 2.45) is 4.99 Å². The third kappa shape index (κ3) is 4.25. The molecule has 1 N–H and O–H groups in total. The first-order valence-electron chi connectivity index (χ1n) is 8.20. The van der Waals surface area contributed by atoms with Crippen LogP contribution >= 0.6 is 11.8 Å². The van der Waals surface area contributed by atoms with Crippen LogP contribution in [0.25, 0.3) is 6.08 Å². The Morgan fingerprint density at radius 2 is 1.74 bits per heavy atom. The summed E-state index contributed by atoms with van der Waals surface area (Å²) in [6.45, 7) is 2.00. The number of hydrogen-bond donors (Lipinski definition) is 1. The van der Waals surface area contributed by atoms with E-state index in [4.69, 9.17) is 14.2 Å². The van der Waals surface area contributed by atoms with Gasteiger partial charge < -0.3 is 19.5 Å². The number of carbonyl (C=O) groups excluding carboxylic acids is 1. The van der Waals surface area contributed by atoms with Gasteiger partial charge in [-0.05, 0) is 60.2 Å². The zero-order valence-electron chi connectivity index (χ0n) is 15.5. The van der Waals surface area contributed by atoms with Crippen molar-refractivity contribution in [2.75, 3.05) is 21.3 Å². The number of nitrogens with zero attached hydrogens (tertiary/aromatic N) is 1. The fourth-order valence-electron chi connectivity index (χ4n) is 2.63. The molecule has 1 amide bonds. The third-order valence-corrected chi connectivity index (χ3v) is 4.78. The lowest BCUT2D eigenvalue weighted by Crippen LogP contribution is -2.19. The van der Waals surface area contributed by atoms with Gasteiger partial charge in [-0.3, -0.25) is 4.79 Å². The summed E-state index contributed by atoms with van der Waals surface area (Å²) in [4.78, 5) is 17.3. The monoisotopic (exact) mass is 384 g/mol. The predicted molar refractivity (Wildman–Crippen MR) is 108 cm³/mol. The van der Waals surface area contributed by atoms with Crippen molar-refractivity contribution in [1.29, 1.82) is 0 Å². The van der Waals surface area contributed by atoms with Crippen molar-refractivity contribution in [2.45, 2.75) is 6.92 Å². The molecule has 1 aliphatic rings. The highest BCUT2D eigenvalue weighted by Gasteiger charge is 2.24. The van der Waals surface area contributed by atoms with Gasteiger partial charge in [-0.15, -0.1) is 0 Å². The zero-order chi connectivity index (χ0) is 19.4. The maximum atomic E-state index is 12.3. The Hall–Kier alpha value is -2.93. The number of aryl methyl sites for hydroxylation is 1. The van der Waals surface area contributed by atoms with Gasteiger partial charge in [-0.1, -0.05) is 12.1 Å². The van der Waals surface area contributed by atoms with E-state index in [1.807, 2.05) is 31.2 Å². The number of carbonyl (C=O) groups is 1. The molecule has 1 heterocycles. The summed E-state index contributed by atoms with van der Waals surface area (Å²) in [7, 11) is 4.66. The molecule has 0 spiro atoms. The second-order valence-corrected chi connectivity index (χ2v) is 6.81. The van der Waals surface area contributed by atoms with Crippen molar-refractivity contribution < 1.29 is 19.0 Å². The van der Waals surface area contributed by atoms with E-state index in [0.717, 1.165) is 16.8 Å². The van der Waals surface area contributed by atoms with E-state index in [2.05, 4.69) is 10.3 Å². The highest BCUT2D eigenvalue weighted by molar-refractivity contribution is 8.18. The van der Waals surface area contributed by atoms with Gasteiger partial charge in [0.25, 0.3) is 5.91 Å². The average Bonchev–Trinajstić information content (AvgIpc) is 2.99. The molecule has 0 bridgehead atoms. The average molecular weight is 384 g/mol. The van der Waals surface area contributed by atoms with Crippen LogP contribution in [-0.2, 0) is 4.79 Å². The molecule has 0 aromatic heterocycles. The van der Waals surface area contributed by atoms with Gasteiger partial charge in [-0.25, -0.2) is 4.99 Å². The van der Waals surface area contributed by atoms with Crippen LogP contribution in [0.4, 0.5) is 5.69 Å². The molecule has 0 aliphatic carbocycles. The van der Waals surface area contributed by atoms with E-state index in [-0.39, 0.29) is 5.91 Å². The van der Waals surface area contributed by atoms with Gasteiger partial charge in [0.15, 0.2) is 16.7 Å². The van der Waals surface area contributed by atoms with Crippen molar-refractivity contribution in [3.8, 4) is 17.2 Å². The highest BCUT2D eigenvalue weighted by Crippen LogP contribution is 2.39. The van der Waals surface area contributed by atoms with Gasteiger partial charge in [0, 0.05) is 0 Å². The highest BCUT2D eigenvalue weighted by atomic mass is 32.2. The van der Waals surface area contributed by atoms with Gasteiger partial charge in [0.1, 0.15) is 0 Å². The Balaban J connectivity index is 1.90. The Kier molecular flexibility index (Phi) is 5.71. The Bertz CT molecular complexity index is 912. The van der Waals surface area contributed by atoms with Crippen LogP contribution in [0, 0.1) is 6.92 Å². The Morgan fingerprint density at radius 3 is 2.33 bits per heavy atom. The van der Waals surface area contributed by atoms with E-state index in [1.165, 1.54) is 11.8 Å². The molecule has 2 aromatic carbocycles. The van der Waals surface area contributed by atoms with Gasteiger partial charge in [-0.2, -0.15) is 0 Å². The number of rotatable bonds is 5.